The molecule has 1 N–H and O–H groups in total. The molecular formula is C21H35NO6. The Kier molecular flexibility index (Phi) is 14.2. The van der Waals surface area contributed by atoms with Crippen molar-refractivity contribution in [3.8, 4) is 5.75 Å². The van der Waals surface area contributed by atoms with Gasteiger partial charge in [0.1, 0.15) is 19.0 Å². The lowest BCUT2D eigenvalue weighted by Gasteiger charge is -2.09. The molecule has 160 valence electrons. The van der Waals surface area contributed by atoms with Gasteiger partial charge in [0.2, 0.25) is 0 Å². The quantitative estimate of drug-likeness (QED) is 0.382. The SMILES string of the molecule is CCNc1ccc(OCCOCCOCCOCCOCC(=O)C(C)C)cc1. The molecule has 0 bridgehead atoms. The molecule has 0 amide bonds. The average molecular weight is 398 g/mol. The van der Waals surface area contributed by atoms with E-state index in [0.717, 1.165) is 18.0 Å². The first kappa shape index (κ1) is 24.4. The number of anilines is 1. The number of hydrogen-bond acceptors (Lipinski definition) is 7. The molecule has 7 heteroatoms. The van der Waals surface area contributed by atoms with E-state index in [1.54, 1.807) is 0 Å². The number of benzene rings is 1. The maximum Gasteiger partial charge on any atom is 0.160 e. The molecule has 0 aliphatic carbocycles. The number of nitrogens with one attached hydrogen (secondary N) is 1. The van der Waals surface area contributed by atoms with Gasteiger partial charge in [-0.2, -0.15) is 0 Å². The Hall–Kier alpha value is -1.67. The second-order valence-electron chi connectivity index (χ2n) is 6.41. The van der Waals surface area contributed by atoms with Crippen LogP contribution in [0.15, 0.2) is 24.3 Å². The fraction of sp³-hybridized carbons (Fsp3) is 0.667. The van der Waals surface area contributed by atoms with Crippen molar-refractivity contribution in [3.05, 3.63) is 24.3 Å². The normalized spacial score (nSPS) is 11.0. The number of hydrogen-bond donors (Lipinski definition) is 1. The summed E-state index contributed by atoms with van der Waals surface area (Å²) < 4.78 is 27.1. The molecule has 0 heterocycles. The fourth-order valence-electron chi connectivity index (χ4n) is 2.09. The lowest BCUT2D eigenvalue weighted by molar-refractivity contribution is -0.127. The molecule has 1 aromatic rings. The van der Waals surface area contributed by atoms with Crippen molar-refractivity contribution in [3.63, 3.8) is 0 Å². The third-order valence-electron chi connectivity index (χ3n) is 3.74. The van der Waals surface area contributed by atoms with Gasteiger partial charge in [0.15, 0.2) is 5.78 Å². The highest BCUT2D eigenvalue weighted by Gasteiger charge is 2.06. The molecule has 0 fully saturated rings. The van der Waals surface area contributed by atoms with Gasteiger partial charge in [-0.15, -0.1) is 0 Å². The summed E-state index contributed by atoms with van der Waals surface area (Å²) in [5.41, 5.74) is 1.08. The third-order valence-corrected chi connectivity index (χ3v) is 3.74. The van der Waals surface area contributed by atoms with E-state index in [9.17, 15) is 4.79 Å². The summed E-state index contributed by atoms with van der Waals surface area (Å²) in [5.74, 6) is 0.949. The maximum atomic E-state index is 11.3. The molecule has 0 radical (unpaired) electrons. The lowest BCUT2D eigenvalue weighted by atomic mass is 10.1. The van der Waals surface area contributed by atoms with Gasteiger partial charge in [-0.05, 0) is 31.2 Å². The van der Waals surface area contributed by atoms with Crippen LogP contribution < -0.4 is 10.1 Å². The zero-order valence-corrected chi connectivity index (χ0v) is 17.4. The van der Waals surface area contributed by atoms with Crippen molar-refractivity contribution in [1.29, 1.82) is 0 Å². The monoisotopic (exact) mass is 397 g/mol. The highest BCUT2D eigenvalue weighted by Crippen LogP contribution is 2.15. The number of Topliss-reactive ketones (excluding diaryl/α,β-unsaturated/α-hetero) is 1. The van der Waals surface area contributed by atoms with Crippen LogP contribution in [-0.4, -0.2) is 71.8 Å². The van der Waals surface area contributed by atoms with E-state index in [1.807, 2.05) is 38.1 Å². The molecular weight excluding hydrogens is 362 g/mol. The zero-order valence-electron chi connectivity index (χ0n) is 17.4. The predicted molar refractivity (Wildman–Crippen MR) is 109 cm³/mol. The number of ketones is 1. The van der Waals surface area contributed by atoms with Gasteiger partial charge < -0.3 is 29.0 Å². The van der Waals surface area contributed by atoms with E-state index >= 15 is 0 Å². The molecule has 0 atom stereocenters. The van der Waals surface area contributed by atoms with Crippen molar-refractivity contribution < 1.29 is 28.5 Å². The molecule has 0 spiro atoms. The van der Waals surface area contributed by atoms with Crippen LogP contribution in [-0.2, 0) is 23.7 Å². The summed E-state index contributed by atoms with van der Waals surface area (Å²) in [4.78, 5) is 11.3. The van der Waals surface area contributed by atoms with E-state index in [2.05, 4.69) is 12.2 Å². The van der Waals surface area contributed by atoms with Crippen LogP contribution in [0.4, 0.5) is 5.69 Å². The molecule has 0 saturated carbocycles. The molecule has 0 aromatic heterocycles. The number of rotatable bonds is 18. The summed E-state index contributed by atoms with van der Waals surface area (Å²) in [7, 11) is 0. The van der Waals surface area contributed by atoms with E-state index < -0.39 is 0 Å². The van der Waals surface area contributed by atoms with Crippen molar-refractivity contribution in [2.45, 2.75) is 20.8 Å². The minimum atomic E-state index is 0.0118. The molecule has 28 heavy (non-hydrogen) atoms. The number of ether oxygens (including phenoxy) is 5. The van der Waals surface area contributed by atoms with Crippen LogP contribution >= 0.6 is 0 Å². The standard InChI is InChI=1S/C21H35NO6/c1-4-22-19-5-7-20(8-6-19)28-16-15-26-12-11-24-9-10-25-13-14-27-17-21(23)18(2)3/h5-8,18,22H,4,9-17H2,1-3H3. The molecule has 7 nitrogen and oxygen atoms in total. The van der Waals surface area contributed by atoms with Crippen molar-refractivity contribution in [2.75, 3.05) is 71.3 Å². The average Bonchev–Trinajstić information content (AvgIpc) is 2.69. The summed E-state index contributed by atoms with van der Waals surface area (Å²) in [5, 5.41) is 3.24. The number of carbonyl (C=O) groups is 1. The fourth-order valence-corrected chi connectivity index (χ4v) is 2.09. The van der Waals surface area contributed by atoms with Crippen LogP contribution in [0, 0.1) is 5.92 Å². The number of carbonyl (C=O) groups excluding carboxylic acids is 1. The van der Waals surface area contributed by atoms with E-state index in [1.165, 1.54) is 0 Å². The van der Waals surface area contributed by atoms with E-state index in [0.29, 0.717) is 52.9 Å². The minimum absolute atomic E-state index is 0.0118. The largest absolute Gasteiger partial charge is 0.491 e. The first-order chi connectivity index (χ1) is 13.6. The smallest absolute Gasteiger partial charge is 0.160 e. The lowest BCUT2D eigenvalue weighted by Crippen LogP contribution is -2.17. The zero-order chi connectivity index (χ0) is 20.5. The molecule has 0 unspecified atom stereocenters. The Morgan fingerprint density at radius 1 is 0.821 bits per heavy atom. The van der Waals surface area contributed by atoms with Crippen LogP contribution in [0.2, 0.25) is 0 Å². The van der Waals surface area contributed by atoms with Crippen molar-refractivity contribution in [1.82, 2.24) is 0 Å². The summed E-state index contributed by atoms with van der Waals surface area (Å²) in [6.45, 7) is 10.8. The topological polar surface area (TPSA) is 75.2 Å². The van der Waals surface area contributed by atoms with Crippen LogP contribution in [0.25, 0.3) is 0 Å². The highest BCUT2D eigenvalue weighted by atomic mass is 16.6. The van der Waals surface area contributed by atoms with Gasteiger partial charge in [-0.1, -0.05) is 13.8 Å². The van der Waals surface area contributed by atoms with Crippen molar-refractivity contribution >= 4 is 11.5 Å². The van der Waals surface area contributed by atoms with Gasteiger partial charge in [-0.25, -0.2) is 0 Å². The summed E-state index contributed by atoms with van der Waals surface area (Å²) >= 11 is 0. The molecule has 0 aliphatic heterocycles. The molecule has 0 aliphatic rings. The van der Waals surface area contributed by atoms with E-state index in [4.69, 9.17) is 23.7 Å². The summed E-state index contributed by atoms with van der Waals surface area (Å²) in [6, 6.07) is 7.86. The van der Waals surface area contributed by atoms with Crippen LogP contribution in [0.3, 0.4) is 0 Å². The predicted octanol–water partition coefficient (Wildman–Crippen LogP) is 2.79. The third kappa shape index (κ3) is 12.7. The van der Waals surface area contributed by atoms with Crippen LogP contribution in [0.5, 0.6) is 5.75 Å². The minimum Gasteiger partial charge on any atom is -0.491 e. The Bertz CT molecular complexity index is 506. The van der Waals surface area contributed by atoms with Gasteiger partial charge in [0, 0.05) is 18.2 Å². The van der Waals surface area contributed by atoms with E-state index in [-0.39, 0.29) is 18.3 Å². The van der Waals surface area contributed by atoms with Crippen molar-refractivity contribution in [2.24, 2.45) is 5.92 Å². The first-order valence-electron chi connectivity index (χ1n) is 9.94. The second-order valence-corrected chi connectivity index (χ2v) is 6.41. The Balaban J connectivity index is 1.82. The maximum absolute atomic E-state index is 11.3. The van der Waals surface area contributed by atoms with Gasteiger partial charge >= 0.3 is 0 Å². The van der Waals surface area contributed by atoms with Crippen LogP contribution in [0.1, 0.15) is 20.8 Å². The van der Waals surface area contributed by atoms with Gasteiger partial charge in [0.25, 0.3) is 0 Å². The highest BCUT2D eigenvalue weighted by molar-refractivity contribution is 5.81. The Morgan fingerprint density at radius 2 is 1.32 bits per heavy atom. The Labute approximate surface area is 168 Å². The molecule has 0 saturated heterocycles. The van der Waals surface area contributed by atoms with Gasteiger partial charge in [-0.3, -0.25) is 4.79 Å². The first-order valence-corrected chi connectivity index (χ1v) is 9.94. The molecule has 1 aromatic carbocycles. The van der Waals surface area contributed by atoms with Gasteiger partial charge in [0.05, 0.1) is 46.2 Å². The Morgan fingerprint density at radius 3 is 1.82 bits per heavy atom. The second kappa shape index (κ2) is 16.3. The summed E-state index contributed by atoms with van der Waals surface area (Å²) in [6.07, 6.45) is 0. The molecule has 1 rings (SSSR count).